The third-order valence-corrected chi connectivity index (χ3v) is 2.56. The Morgan fingerprint density at radius 1 is 1.12 bits per heavy atom. The Morgan fingerprint density at radius 2 is 1.71 bits per heavy atom. The van der Waals surface area contributed by atoms with Gasteiger partial charge in [0, 0.05) is 32.2 Å². The van der Waals surface area contributed by atoms with Crippen molar-refractivity contribution in [3.05, 3.63) is 48.3 Å². The molecule has 0 spiro atoms. The smallest absolute Gasteiger partial charge is 0.211 e. The molecular weight excluding hydrogens is 232 g/mol. The van der Waals surface area contributed by atoms with Gasteiger partial charge in [-0.2, -0.15) is 4.99 Å². The van der Waals surface area contributed by atoms with Gasteiger partial charge in [0.15, 0.2) is 0 Å². The summed E-state index contributed by atoms with van der Waals surface area (Å²) >= 11 is 5.20. The van der Waals surface area contributed by atoms with E-state index < -0.39 is 0 Å². The largest absolute Gasteiger partial charge is 0.331 e. The number of anilines is 1. The van der Waals surface area contributed by atoms with Crippen LogP contribution < -0.4 is 10.9 Å². The van der Waals surface area contributed by atoms with E-state index in [0.29, 0.717) is 5.11 Å². The molecule has 0 bridgehead atoms. The highest BCUT2D eigenvalue weighted by Crippen LogP contribution is 2.04. The Balaban J connectivity index is 2.21. The number of aromatic nitrogens is 2. The number of para-hydroxylation sites is 1. The number of rotatable bonds is 1. The van der Waals surface area contributed by atoms with Crippen LogP contribution in [0, 0.1) is 0 Å². The summed E-state index contributed by atoms with van der Waals surface area (Å²) in [6.45, 7) is 0. The molecule has 0 saturated heterocycles. The fraction of sp³-hybridized carbons (Fsp3) is 0.167. The van der Waals surface area contributed by atoms with Crippen LogP contribution in [0.2, 0.25) is 0 Å². The lowest BCUT2D eigenvalue weighted by molar-refractivity contribution is 0.750. The van der Waals surface area contributed by atoms with Crippen molar-refractivity contribution in [2.75, 3.05) is 5.32 Å². The summed E-state index contributed by atoms with van der Waals surface area (Å²) < 4.78 is 3.83. The molecule has 0 amide bonds. The molecular formula is C12H14N4S. The summed E-state index contributed by atoms with van der Waals surface area (Å²) in [7, 11) is 3.87. The molecule has 0 aliphatic heterocycles. The molecule has 17 heavy (non-hydrogen) atoms. The van der Waals surface area contributed by atoms with Crippen LogP contribution in [-0.2, 0) is 14.1 Å². The van der Waals surface area contributed by atoms with Crippen molar-refractivity contribution in [1.29, 1.82) is 0 Å². The maximum atomic E-state index is 5.20. The molecule has 0 radical (unpaired) electrons. The highest BCUT2D eigenvalue weighted by molar-refractivity contribution is 7.80. The van der Waals surface area contributed by atoms with Crippen molar-refractivity contribution in [3.63, 3.8) is 0 Å². The van der Waals surface area contributed by atoms with Gasteiger partial charge in [-0.3, -0.25) is 0 Å². The van der Waals surface area contributed by atoms with E-state index in [1.54, 1.807) is 0 Å². The topological polar surface area (TPSA) is 34.2 Å². The lowest BCUT2D eigenvalue weighted by Gasteiger charge is -2.03. The Bertz CT molecular complexity index is 558. The molecule has 0 aliphatic carbocycles. The van der Waals surface area contributed by atoms with E-state index >= 15 is 0 Å². The fourth-order valence-electron chi connectivity index (χ4n) is 1.50. The molecule has 0 fully saturated rings. The average Bonchev–Trinajstić information content (AvgIpc) is 2.62. The molecule has 0 saturated carbocycles. The van der Waals surface area contributed by atoms with E-state index in [-0.39, 0.29) is 0 Å². The van der Waals surface area contributed by atoms with Crippen LogP contribution in [0.1, 0.15) is 0 Å². The number of hydrogen-bond donors (Lipinski definition) is 1. The van der Waals surface area contributed by atoms with E-state index in [4.69, 9.17) is 12.2 Å². The van der Waals surface area contributed by atoms with Gasteiger partial charge in [-0.1, -0.05) is 18.2 Å². The van der Waals surface area contributed by atoms with Gasteiger partial charge in [-0.15, -0.1) is 0 Å². The highest BCUT2D eigenvalue weighted by atomic mass is 32.1. The first-order valence-electron chi connectivity index (χ1n) is 5.25. The first kappa shape index (κ1) is 11.6. The van der Waals surface area contributed by atoms with Gasteiger partial charge in [0.25, 0.3) is 0 Å². The second-order valence-corrected chi connectivity index (χ2v) is 4.11. The third kappa shape index (κ3) is 2.82. The number of imidazole rings is 1. The number of thiocarbonyl (C=S) groups is 1. The minimum atomic E-state index is 0.452. The van der Waals surface area contributed by atoms with Crippen molar-refractivity contribution in [1.82, 2.24) is 9.13 Å². The second kappa shape index (κ2) is 4.97. The lowest BCUT2D eigenvalue weighted by Crippen LogP contribution is -2.25. The molecule has 1 heterocycles. The zero-order valence-corrected chi connectivity index (χ0v) is 10.6. The average molecular weight is 246 g/mol. The SMILES string of the molecule is Cn1ccn(C)c1=NC(=S)Nc1ccccc1. The van der Waals surface area contributed by atoms with E-state index in [0.717, 1.165) is 11.3 Å². The molecule has 2 rings (SSSR count). The first-order valence-corrected chi connectivity index (χ1v) is 5.66. The summed E-state index contributed by atoms with van der Waals surface area (Å²) in [4.78, 5) is 4.36. The summed E-state index contributed by atoms with van der Waals surface area (Å²) in [6.07, 6.45) is 3.87. The van der Waals surface area contributed by atoms with Crippen LogP contribution in [-0.4, -0.2) is 14.2 Å². The highest BCUT2D eigenvalue weighted by Gasteiger charge is 1.97. The van der Waals surface area contributed by atoms with Gasteiger partial charge in [0.05, 0.1) is 0 Å². The van der Waals surface area contributed by atoms with Gasteiger partial charge >= 0.3 is 0 Å². The van der Waals surface area contributed by atoms with E-state index in [2.05, 4.69) is 10.3 Å². The van der Waals surface area contributed by atoms with Gasteiger partial charge in [-0.05, 0) is 24.4 Å². The van der Waals surface area contributed by atoms with Crippen LogP contribution in [0.15, 0.2) is 47.7 Å². The molecule has 1 N–H and O–H groups in total. The van der Waals surface area contributed by atoms with Crippen LogP contribution in [0.5, 0.6) is 0 Å². The maximum Gasteiger partial charge on any atom is 0.211 e. The van der Waals surface area contributed by atoms with Crippen molar-refractivity contribution < 1.29 is 0 Å². The van der Waals surface area contributed by atoms with E-state index in [9.17, 15) is 0 Å². The zero-order valence-electron chi connectivity index (χ0n) is 9.79. The second-order valence-electron chi connectivity index (χ2n) is 3.73. The molecule has 0 atom stereocenters. The lowest BCUT2D eigenvalue weighted by atomic mass is 10.3. The minimum absolute atomic E-state index is 0.452. The molecule has 0 unspecified atom stereocenters. The summed E-state index contributed by atoms with van der Waals surface area (Å²) in [6, 6.07) is 9.77. The van der Waals surface area contributed by atoms with Crippen LogP contribution in [0.25, 0.3) is 0 Å². The maximum absolute atomic E-state index is 5.20. The van der Waals surface area contributed by atoms with E-state index in [1.807, 2.05) is 66.0 Å². The third-order valence-electron chi connectivity index (χ3n) is 2.37. The predicted octanol–water partition coefficient (Wildman–Crippen LogP) is 1.66. The Kier molecular flexibility index (Phi) is 3.39. The number of hydrogen-bond acceptors (Lipinski definition) is 1. The van der Waals surface area contributed by atoms with Crippen molar-refractivity contribution in [2.45, 2.75) is 0 Å². The van der Waals surface area contributed by atoms with Gasteiger partial charge in [-0.25, -0.2) is 0 Å². The van der Waals surface area contributed by atoms with E-state index in [1.165, 1.54) is 0 Å². The minimum Gasteiger partial charge on any atom is -0.331 e. The number of aryl methyl sites for hydroxylation is 2. The quantitative estimate of drug-likeness (QED) is 0.777. The van der Waals surface area contributed by atoms with Crippen molar-refractivity contribution >= 4 is 23.0 Å². The summed E-state index contributed by atoms with van der Waals surface area (Å²) in [5.41, 5.74) is 1.75. The van der Waals surface area contributed by atoms with Crippen LogP contribution >= 0.6 is 12.2 Å². The Hall–Kier alpha value is -1.88. The Morgan fingerprint density at radius 3 is 2.29 bits per heavy atom. The normalized spacial score (nSPS) is 10.0. The van der Waals surface area contributed by atoms with Gasteiger partial charge < -0.3 is 14.5 Å². The standard InChI is InChI=1S/C12H14N4S/c1-15-8-9-16(2)12(15)14-11(17)13-10-6-4-3-5-7-10/h3-9H,1-2H3,(H,13,17). The van der Waals surface area contributed by atoms with Crippen molar-refractivity contribution in [2.24, 2.45) is 19.1 Å². The molecule has 88 valence electrons. The molecule has 2 aromatic rings. The summed E-state index contributed by atoms with van der Waals surface area (Å²) in [5.74, 6) is 0. The Labute approximate surface area is 105 Å². The molecule has 4 nitrogen and oxygen atoms in total. The molecule has 0 aliphatic rings. The van der Waals surface area contributed by atoms with Crippen LogP contribution in [0.3, 0.4) is 0 Å². The van der Waals surface area contributed by atoms with Gasteiger partial charge in [0.1, 0.15) is 0 Å². The first-order chi connectivity index (χ1) is 8.16. The van der Waals surface area contributed by atoms with Crippen LogP contribution in [0.4, 0.5) is 5.69 Å². The molecule has 1 aromatic heterocycles. The number of nitrogens with zero attached hydrogens (tertiary/aromatic N) is 3. The van der Waals surface area contributed by atoms with Crippen molar-refractivity contribution in [3.8, 4) is 0 Å². The van der Waals surface area contributed by atoms with Gasteiger partial charge in [0.2, 0.25) is 10.7 Å². The number of nitrogens with one attached hydrogen (secondary N) is 1. The summed E-state index contributed by atoms with van der Waals surface area (Å²) in [5, 5.41) is 3.53. The number of benzene rings is 1. The molecule has 1 aromatic carbocycles. The predicted molar refractivity (Wildman–Crippen MR) is 72.6 cm³/mol. The monoisotopic (exact) mass is 246 g/mol. The fourth-order valence-corrected chi connectivity index (χ4v) is 1.70. The molecule has 5 heteroatoms. The zero-order chi connectivity index (χ0) is 12.3.